The van der Waals surface area contributed by atoms with E-state index in [9.17, 15) is 0 Å². The third kappa shape index (κ3) is 269. The van der Waals surface area contributed by atoms with Gasteiger partial charge in [-0.05, 0) is 0 Å². The van der Waals surface area contributed by atoms with Gasteiger partial charge in [0, 0.05) is 0 Å². The van der Waals surface area contributed by atoms with Crippen molar-refractivity contribution in [2.45, 2.75) is 0 Å². The van der Waals surface area contributed by atoms with Crippen molar-refractivity contribution in [2.24, 2.45) is 0 Å². The van der Waals surface area contributed by atoms with Gasteiger partial charge in [0.2, 0.25) is 0 Å². The summed E-state index contributed by atoms with van der Waals surface area (Å²) in [7, 11) is 0. The quantitative estimate of drug-likeness (QED) is 0.332. The molecule has 0 saturated carbocycles. The summed E-state index contributed by atoms with van der Waals surface area (Å²) in [6.45, 7) is 0. The first-order valence-corrected chi connectivity index (χ1v) is 0. The van der Waals surface area contributed by atoms with Gasteiger partial charge in [0.15, 0.2) is 0 Å². The van der Waals surface area contributed by atoms with Crippen LogP contribution in [-0.4, -0.2) is 0 Å². The first-order valence-electron chi connectivity index (χ1n) is 0. The van der Waals surface area contributed by atoms with Crippen LogP contribution in [0, 0.1) is 0 Å². The van der Waals surface area contributed by atoms with Crippen molar-refractivity contribution in [2.75, 3.05) is 0 Å². The fraction of sp³-hybridized carbons (Fsp3) is 0. The molecule has 11 heavy (non-hydrogen) atoms. The van der Waals surface area contributed by atoms with Crippen molar-refractivity contribution in [1.82, 2.24) is 0 Å². The molecule has 2 radical (unpaired) electrons. The second-order valence-electron chi connectivity index (χ2n) is 0. The standard InChI is InChI=1S/2Cr.7O.2Pt/q2*+3;7*-2;2*+4. The van der Waals surface area contributed by atoms with Crippen LogP contribution >= 0.6 is 0 Å². The van der Waals surface area contributed by atoms with Crippen LogP contribution in [0.2, 0.25) is 0 Å². The first-order chi connectivity index (χ1) is 0. The molecule has 0 spiro atoms. The summed E-state index contributed by atoms with van der Waals surface area (Å²) >= 11 is 0. The summed E-state index contributed by atoms with van der Waals surface area (Å²) in [5, 5.41) is 0. The van der Waals surface area contributed by atoms with E-state index in [1.807, 2.05) is 0 Å². The molecule has 0 fully saturated rings. The molecule has 0 aliphatic carbocycles. The Morgan fingerprint density at radius 2 is 0.273 bits per heavy atom. The van der Waals surface area contributed by atoms with E-state index < -0.39 is 0 Å². The zero-order valence-corrected chi connectivity index (χ0v) is 11.4. The van der Waals surface area contributed by atoms with E-state index in [-0.39, 0.29) is 115 Å². The van der Waals surface area contributed by atoms with Crippen molar-refractivity contribution in [1.29, 1.82) is 0 Å². The van der Waals surface area contributed by atoms with Crippen molar-refractivity contribution in [3.63, 3.8) is 0 Å². The largest absolute Gasteiger partial charge is 4.00 e. The molecular weight excluding hydrogens is 606 g/mol. The van der Waals surface area contributed by atoms with Gasteiger partial charge in [0.25, 0.3) is 0 Å². The summed E-state index contributed by atoms with van der Waals surface area (Å²) in [5.74, 6) is 0. The molecule has 0 N–H and O–H groups in total. The summed E-state index contributed by atoms with van der Waals surface area (Å²) < 4.78 is 0. The maximum Gasteiger partial charge on any atom is 4.00 e. The van der Waals surface area contributed by atoms with Crippen LogP contribution in [-0.2, 0) is 115 Å². The Morgan fingerprint density at radius 3 is 0.273 bits per heavy atom. The minimum Gasteiger partial charge on any atom is -2.00 e. The fourth-order valence-electron chi connectivity index (χ4n) is 0. The zero-order valence-electron chi connectivity index (χ0n) is 4.31. The van der Waals surface area contributed by atoms with Crippen LogP contribution in [0.3, 0.4) is 0 Å². The maximum atomic E-state index is 0. The number of rotatable bonds is 0. The molecule has 0 aromatic carbocycles. The van der Waals surface area contributed by atoms with Gasteiger partial charge in [-0.1, -0.05) is 0 Å². The molecule has 0 aromatic heterocycles. The smallest absolute Gasteiger partial charge is 2.00 e. The van der Waals surface area contributed by atoms with Gasteiger partial charge in [0.1, 0.15) is 0 Å². The third-order valence-electron chi connectivity index (χ3n) is 0. The van der Waals surface area contributed by atoms with Crippen LogP contribution in [0.1, 0.15) is 0 Å². The minimum atomic E-state index is 0. The summed E-state index contributed by atoms with van der Waals surface area (Å²) in [4.78, 5) is 0. The van der Waals surface area contributed by atoms with Crippen molar-refractivity contribution < 1.29 is 115 Å². The molecule has 7 nitrogen and oxygen atoms in total. The molecule has 74 valence electrons. The molecule has 0 amide bonds. The van der Waals surface area contributed by atoms with Crippen LogP contribution in [0.15, 0.2) is 0 Å². The normalized spacial score (nSPS) is 0. The maximum absolute atomic E-state index is 0. The average Bonchev–Trinajstić information content (AvgIpc) is 0. The van der Waals surface area contributed by atoms with Crippen LogP contribution < -0.4 is 0 Å². The molecule has 0 aromatic rings. The van der Waals surface area contributed by atoms with Gasteiger partial charge in [-0.3, -0.25) is 0 Å². The number of hydrogen-bond acceptors (Lipinski definition) is 0. The Hall–Kier alpha value is 2.16. The van der Waals surface area contributed by atoms with Gasteiger partial charge in [0.05, 0.1) is 0 Å². The Balaban J connectivity index is 0. The van der Waals surface area contributed by atoms with Gasteiger partial charge in [-0.25, -0.2) is 0 Å². The van der Waals surface area contributed by atoms with E-state index in [4.69, 9.17) is 0 Å². The number of hydrogen-bond donors (Lipinski definition) is 0. The Kier molecular flexibility index (Phi) is 12300. The average molecular weight is 606 g/mol. The van der Waals surface area contributed by atoms with E-state index in [1.54, 1.807) is 0 Å². The SMILES string of the molecule is [Cr+3].[Cr+3].[O-2].[O-2].[O-2].[O-2].[O-2].[O-2].[O-2].[Pt+4].[Pt+4]. The van der Waals surface area contributed by atoms with Gasteiger partial charge in [-0.15, -0.1) is 0 Å². The van der Waals surface area contributed by atoms with Crippen molar-refractivity contribution >= 4 is 0 Å². The Morgan fingerprint density at radius 1 is 0.273 bits per heavy atom. The third-order valence-corrected chi connectivity index (χ3v) is 0. The molecule has 0 rings (SSSR count). The first kappa shape index (κ1) is 417. The van der Waals surface area contributed by atoms with Gasteiger partial charge < -0.3 is 38.3 Å². The summed E-state index contributed by atoms with van der Waals surface area (Å²) in [6.07, 6.45) is 0. The molecular formula is Cr2O7Pt2. The second kappa shape index (κ2) is 324. The Labute approximate surface area is 114 Å². The van der Waals surface area contributed by atoms with Crippen molar-refractivity contribution in [3.05, 3.63) is 0 Å². The fourth-order valence-corrected chi connectivity index (χ4v) is 0. The molecule has 0 aliphatic heterocycles. The van der Waals surface area contributed by atoms with E-state index in [1.165, 1.54) is 0 Å². The summed E-state index contributed by atoms with van der Waals surface area (Å²) in [6, 6.07) is 0. The van der Waals surface area contributed by atoms with Crippen LogP contribution in [0.25, 0.3) is 0 Å². The van der Waals surface area contributed by atoms with Crippen LogP contribution in [0.5, 0.6) is 0 Å². The molecule has 0 bridgehead atoms. The Bertz CT molecular complexity index is 14.4. The van der Waals surface area contributed by atoms with Gasteiger partial charge >= 0.3 is 76.9 Å². The molecule has 0 saturated heterocycles. The molecule has 0 heterocycles. The monoisotopic (exact) mass is 606 g/mol. The summed E-state index contributed by atoms with van der Waals surface area (Å²) in [5.41, 5.74) is 0. The van der Waals surface area contributed by atoms with Crippen LogP contribution in [0.4, 0.5) is 0 Å². The van der Waals surface area contributed by atoms with E-state index in [0.29, 0.717) is 0 Å². The van der Waals surface area contributed by atoms with Crippen molar-refractivity contribution in [3.8, 4) is 0 Å². The molecule has 0 aliphatic rings. The van der Waals surface area contributed by atoms with E-state index in [0.717, 1.165) is 0 Å². The topological polar surface area (TPSA) is 200 Å². The van der Waals surface area contributed by atoms with Gasteiger partial charge in [-0.2, -0.15) is 0 Å². The zero-order chi connectivity index (χ0) is 0. The predicted molar refractivity (Wildman–Crippen MR) is 4.81 cm³/mol. The van der Waals surface area contributed by atoms with E-state index >= 15 is 0 Å². The second-order valence-corrected chi connectivity index (χ2v) is 0. The van der Waals surface area contributed by atoms with E-state index in [2.05, 4.69) is 0 Å². The molecule has 0 unspecified atom stereocenters. The molecule has 0 atom stereocenters. The molecule has 11 heteroatoms. The minimum absolute atomic E-state index is 0. The predicted octanol–water partition coefficient (Wildman–Crippen LogP) is -0.842.